The number of ether oxygens (including phenoxy) is 2. The molecule has 2 aliphatic heterocycles. The number of benzene rings is 3. The van der Waals surface area contributed by atoms with Crippen molar-refractivity contribution >= 4 is 28.6 Å². The minimum absolute atomic E-state index is 0.106. The molecule has 2 aliphatic rings. The molecule has 0 radical (unpaired) electrons. The average Bonchev–Trinajstić information content (AvgIpc) is 3.20. The van der Waals surface area contributed by atoms with Gasteiger partial charge in [-0.2, -0.15) is 26.3 Å². The Hall–Kier alpha value is -2.64. The number of halogens is 7. The minimum atomic E-state index is -4.98. The van der Waals surface area contributed by atoms with Crippen molar-refractivity contribution in [3.8, 4) is 0 Å². The van der Waals surface area contributed by atoms with E-state index < -0.39 is 52.7 Å². The number of rotatable bonds is 8. The topological polar surface area (TPSA) is 38.8 Å². The molecule has 11 heteroatoms. The summed E-state index contributed by atoms with van der Waals surface area (Å²) < 4.78 is 95.5. The third kappa shape index (κ3) is 7.26. The zero-order valence-corrected chi connectivity index (χ0v) is 27.8. The van der Waals surface area contributed by atoms with Gasteiger partial charge in [-0.3, -0.25) is 9.69 Å². The lowest BCUT2D eigenvalue weighted by Gasteiger charge is -2.51. The van der Waals surface area contributed by atoms with Crippen molar-refractivity contribution < 1.29 is 40.6 Å². The number of esters is 1. The summed E-state index contributed by atoms with van der Waals surface area (Å²) in [7, 11) is 0. The summed E-state index contributed by atoms with van der Waals surface area (Å²) in [4.78, 5) is 16.0. The summed E-state index contributed by atoms with van der Waals surface area (Å²) in [5, 5.41) is 0. The molecule has 0 aliphatic carbocycles. The molecule has 2 heterocycles. The molecular formula is C35H36F6INO3. The van der Waals surface area contributed by atoms with Crippen LogP contribution >= 0.6 is 22.6 Å². The summed E-state index contributed by atoms with van der Waals surface area (Å²) >= 11 is 1.94. The van der Waals surface area contributed by atoms with Crippen molar-refractivity contribution in [1.29, 1.82) is 0 Å². The number of carbonyl (C=O) groups is 1. The van der Waals surface area contributed by atoms with Gasteiger partial charge in [-0.25, -0.2) is 0 Å². The van der Waals surface area contributed by atoms with E-state index in [0.717, 1.165) is 23.3 Å². The Balaban J connectivity index is 1.62. The van der Waals surface area contributed by atoms with Crippen LogP contribution in [0.1, 0.15) is 74.0 Å². The molecule has 5 rings (SSSR count). The first-order chi connectivity index (χ1) is 21.5. The largest absolute Gasteiger partial charge is 0.460 e. The second-order valence-corrected chi connectivity index (χ2v) is 13.9. The standard InChI is InChI=1S/C35H36F6INO3/c1-32(2,3)46-31(44)27-19-33(24-12-8-5-9-13-24)30(15-14-28(27)43(33)21-22-10-6-4-7-11-22)45-29(20-42)23-16-25(34(36,37)38)18-26(17-23)35(39,40)41/h4-13,16-18,27-30H,14-15,19-21H2,1-3H3/t27-,28+,29+,30-,33-/m1/s1. The van der Waals surface area contributed by atoms with Crippen LogP contribution in [0.15, 0.2) is 78.9 Å². The van der Waals surface area contributed by atoms with Crippen LogP contribution in [0.2, 0.25) is 0 Å². The van der Waals surface area contributed by atoms with Gasteiger partial charge < -0.3 is 9.47 Å². The van der Waals surface area contributed by atoms with Gasteiger partial charge in [0.05, 0.1) is 34.8 Å². The van der Waals surface area contributed by atoms with Crippen LogP contribution in [0.3, 0.4) is 0 Å². The van der Waals surface area contributed by atoms with E-state index in [2.05, 4.69) is 4.90 Å². The number of fused-ring (bicyclic) bond motifs is 2. The maximum Gasteiger partial charge on any atom is 0.416 e. The second-order valence-electron chi connectivity index (χ2n) is 13.0. The predicted octanol–water partition coefficient (Wildman–Crippen LogP) is 9.51. The Morgan fingerprint density at radius 2 is 1.46 bits per heavy atom. The maximum atomic E-state index is 13.8. The maximum absolute atomic E-state index is 13.8. The first-order valence-electron chi connectivity index (χ1n) is 15.1. The molecule has 0 amide bonds. The Morgan fingerprint density at radius 3 is 1.98 bits per heavy atom. The fourth-order valence-corrected chi connectivity index (χ4v) is 7.65. The van der Waals surface area contributed by atoms with Gasteiger partial charge in [0.25, 0.3) is 0 Å². The van der Waals surface area contributed by atoms with E-state index in [9.17, 15) is 31.1 Å². The molecule has 2 fully saturated rings. The Kier molecular flexibility index (Phi) is 9.88. The summed E-state index contributed by atoms with van der Waals surface area (Å²) in [6.45, 7) is 5.88. The third-order valence-electron chi connectivity index (χ3n) is 8.80. The van der Waals surface area contributed by atoms with Crippen LogP contribution in [0.5, 0.6) is 0 Å². The van der Waals surface area contributed by atoms with Gasteiger partial charge in [-0.15, -0.1) is 0 Å². The van der Waals surface area contributed by atoms with Gasteiger partial charge >= 0.3 is 18.3 Å². The highest BCUT2D eigenvalue weighted by molar-refractivity contribution is 14.1. The van der Waals surface area contributed by atoms with Crippen LogP contribution in [-0.2, 0) is 38.7 Å². The number of carbonyl (C=O) groups excluding carboxylic acids is 1. The highest BCUT2D eigenvalue weighted by Crippen LogP contribution is 2.56. The molecule has 2 saturated heterocycles. The first kappa shape index (κ1) is 34.7. The molecule has 5 atom stereocenters. The minimum Gasteiger partial charge on any atom is -0.460 e. The Morgan fingerprint density at radius 1 is 0.891 bits per heavy atom. The van der Waals surface area contributed by atoms with Crippen LogP contribution in [0.4, 0.5) is 26.3 Å². The number of alkyl halides is 7. The van der Waals surface area contributed by atoms with Gasteiger partial charge in [-0.1, -0.05) is 83.3 Å². The molecule has 0 saturated carbocycles. The molecule has 3 aromatic rings. The predicted molar refractivity (Wildman–Crippen MR) is 170 cm³/mol. The number of hydrogen-bond donors (Lipinski definition) is 0. The van der Waals surface area contributed by atoms with E-state index >= 15 is 0 Å². The molecule has 46 heavy (non-hydrogen) atoms. The van der Waals surface area contributed by atoms with Crippen molar-refractivity contribution in [2.75, 3.05) is 4.43 Å². The van der Waals surface area contributed by atoms with Crippen molar-refractivity contribution in [3.05, 3.63) is 107 Å². The Labute approximate surface area is 278 Å². The zero-order chi connectivity index (χ0) is 33.5. The van der Waals surface area contributed by atoms with Gasteiger partial charge in [-0.05, 0) is 74.9 Å². The summed E-state index contributed by atoms with van der Waals surface area (Å²) in [6, 6.07) is 20.7. The molecule has 0 aromatic heterocycles. The van der Waals surface area contributed by atoms with E-state index in [0.29, 0.717) is 25.8 Å². The van der Waals surface area contributed by atoms with Gasteiger partial charge in [0.1, 0.15) is 5.60 Å². The zero-order valence-electron chi connectivity index (χ0n) is 25.7. The number of hydrogen-bond acceptors (Lipinski definition) is 4. The fourth-order valence-electron chi connectivity index (χ4n) is 6.94. The van der Waals surface area contributed by atoms with E-state index in [1.54, 1.807) is 0 Å². The van der Waals surface area contributed by atoms with Crippen LogP contribution in [0, 0.1) is 5.92 Å². The van der Waals surface area contributed by atoms with E-state index in [1.807, 2.05) is 104 Å². The molecule has 0 N–H and O–H groups in total. The van der Waals surface area contributed by atoms with Crippen molar-refractivity contribution in [1.82, 2.24) is 4.90 Å². The molecule has 3 aromatic carbocycles. The molecule has 0 unspecified atom stereocenters. The molecule has 248 valence electrons. The normalized spacial score (nSPS) is 24.5. The van der Waals surface area contributed by atoms with Crippen molar-refractivity contribution in [2.24, 2.45) is 5.92 Å². The molecular weight excluding hydrogens is 723 g/mol. The fraction of sp³-hybridized carbons (Fsp3) is 0.457. The first-order valence-corrected chi connectivity index (χ1v) is 16.7. The smallest absolute Gasteiger partial charge is 0.416 e. The monoisotopic (exact) mass is 759 g/mol. The lowest BCUT2D eigenvalue weighted by Crippen LogP contribution is -2.57. The Bertz CT molecular complexity index is 1480. The number of piperidine rings is 1. The summed E-state index contributed by atoms with van der Waals surface area (Å²) in [5.74, 6) is -0.868. The molecule has 4 nitrogen and oxygen atoms in total. The van der Waals surface area contributed by atoms with E-state index in [-0.39, 0.29) is 28.1 Å². The second kappa shape index (κ2) is 13.1. The molecule has 0 spiro atoms. The van der Waals surface area contributed by atoms with Crippen molar-refractivity contribution in [2.45, 2.75) is 88.3 Å². The summed E-state index contributed by atoms with van der Waals surface area (Å²) in [6.07, 6.45) is -10.4. The average molecular weight is 760 g/mol. The van der Waals surface area contributed by atoms with Gasteiger partial charge in [0.15, 0.2) is 0 Å². The van der Waals surface area contributed by atoms with E-state index in [4.69, 9.17) is 9.47 Å². The highest BCUT2D eigenvalue weighted by atomic mass is 127. The van der Waals surface area contributed by atoms with Gasteiger partial charge in [0, 0.05) is 17.0 Å². The quantitative estimate of drug-likeness (QED) is 0.0994. The van der Waals surface area contributed by atoms with Crippen LogP contribution in [0.25, 0.3) is 0 Å². The third-order valence-corrected chi connectivity index (χ3v) is 9.60. The number of nitrogens with zero attached hydrogens (tertiary/aromatic N) is 1. The highest BCUT2D eigenvalue weighted by Gasteiger charge is 2.62. The SMILES string of the molecule is CC(C)(C)OC(=O)[C@@H]1C[C@@]2(c3ccccc3)[C@H](O[C@@H](CI)c3cc(C(F)(F)F)cc(C(F)(F)F)c3)CC[C@@H]1N2Cc1ccccc1. The molecule has 2 bridgehead atoms. The van der Waals surface area contributed by atoms with Crippen molar-refractivity contribution in [3.63, 3.8) is 0 Å². The van der Waals surface area contributed by atoms with Crippen LogP contribution < -0.4 is 0 Å². The summed E-state index contributed by atoms with van der Waals surface area (Å²) in [5.41, 5.74) is -2.74. The van der Waals surface area contributed by atoms with Gasteiger partial charge in [0.2, 0.25) is 0 Å². The van der Waals surface area contributed by atoms with E-state index in [1.165, 1.54) is 0 Å². The lowest BCUT2D eigenvalue weighted by molar-refractivity contribution is -0.161. The lowest BCUT2D eigenvalue weighted by atomic mass is 9.78. The van der Waals surface area contributed by atoms with Crippen LogP contribution in [-0.4, -0.2) is 33.0 Å².